The Morgan fingerprint density at radius 3 is 2.50 bits per heavy atom. The fraction of sp³-hybridized carbons (Fsp3) is 0.353. The van der Waals surface area contributed by atoms with Gasteiger partial charge in [-0.25, -0.2) is 18.7 Å². The number of likely N-dealkylation sites (tertiary alicyclic amines) is 1. The Morgan fingerprint density at radius 2 is 1.79 bits per heavy atom. The minimum Gasteiger partial charge on any atom is -0.338 e. The normalized spacial score (nSPS) is 15.0. The molecule has 0 spiro atoms. The van der Waals surface area contributed by atoms with Crippen LogP contribution in [0.1, 0.15) is 36.2 Å². The van der Waals surface area contributed by atoms with Crippen molar-refractivity contribution in [3.8, 4) is 0 Å². The molecule has 2 aromatic rings. The monoisotopic (exact) mass is 332 g/mol. The van der Waals surface area contributed by atoms with Crippen LogP contribution in [-0.4, -0.2) is 33.9 Å². The molecule has 0 bridgehead atoms. The van der Waals surface area contributed by atoms with E-state index in [1.165, 1.54) is 18.5 Å². The SMILES string of the molecule is O=C(c1cc(Nc2ccc(F)cc2F)ncn1)N1CCCCCC1. The first-order chi connectivity index (χ1) is 11.6. The Morgan fingerprint density at radius 1 is 1.04 bits per heavy atom. The summed E-state index contributed by atoms with van der Waals surface area (Å²) in [5, 5.41) is 2.75. The minimum atomic E-state index is -0.728. The van der Waals surface area contributed by atoms with Gasteiger partial charge in [0, 0.05) is 25.2 Å². The second kappa shape index (κ2) is 7.33. The number of carbonyl (C=O) groups is 1. The Labute approximate surface area is 138 Å². The van der Waals surface area contributed by atoms with E-state index in [1.807, 2.05) is 0 Å². The van der Waals surface area contributed by atoms with Crippen LogP contribution in [-0.2, 0) is 0 Å². The molecule has 0 unspecified atom stereocenters. The number of amides is 1. The number of aromatic nitrogens is 2. The molecule has 2 heterocycles. The molecule has 0 radical (unpaired) electrons. The predicted octanol–water partition coefficient (Wildman–Crippen LogP) is 3.51. The molecule has 24 heavy (non-hydrogen) atoms. The van der Waals surface area contributed by atoms with Crippen molar-refractivity contribution in [2.45, 2.75) is 25.7 Å². The summed E-state index contributed by atoms with van der Waals surface area (Å²) < 4.78 is 26.7. The zero-order valence-electron chi connectivity index (χ0n) is 13.1. The fourth-order valence-electron chi connectivity index (χ4n) is 2.71. The highest BCUT2D eigenvalue weighted by atomic mass is 19.1. The predicted molar refractivity (Wildman–Crippen MR) is 86.0 cm³/mol. The van der Waals surface area contributed by atoms with E-state index in [0.717, 1.165) is 50.9 Å². The third-order valence-electron chi connectivity index (χ3n) is 3.97. The van der Waals surface area contributed by atoms with E-state index in [-0.39, 0.29) is 23.1 Å². The topological polar surface area (TPSA) is 58.1 Å². The number of nitrogens with one attached hydrogen (secondary N) is 1. The molecule has 126 valence electrons. The van der Waals surface area contributed by atoms with Crippen molar-refractivity contribution < 1.29 is 13.6 Å². The zero-order chi connectivity index (χ0) is 16.9. The third kappa shape index (κ3) is 3.84. The lowest BCUT2D eigenvalue weighted by atomic mass is 10.2. The van der Waals surface area contributed by atoms with Gasteiger partial charge in [0.2, 0.25) is 0 Å². The van der Waals surface area contributed by atoms with E-state index in [2.05, 4.69) is 15.3 Å². The van der Waals surface area contributed by atoms with Crippen molar-refractivity contribution in [3.05, 3.63) is 47.9 Å². The van der Waals surface area contributed by atoms with Crippen molar-refractivity contribution >= 4 is 17.4 Å². The molecule has 0 aliphatic carbocycles. The number of benzene rings is 1. The minimum absolute atomic E-state index is 0.0864. The lowest BCUT2D eigenvalue weighted by molar-refractivity contribution is 0.0755. The smallest absolute Gasteiger partial charge is 0.272 e. The van der Waals surface area contributed by atoms with Gasteiger partial charge >= 0.3 is 0 Å². The number of halogens is 2. The van der Waals surface area contributed by atoms with Gasteiger partial charge in [0.25, 0.3) is 5.91 Å². The summed E-state index contributed by atoms with van der Waals surface area (Å²) in [6, 6.07) is 4.70. The zero-order valence-corrected chi connectivity index (χ0v) is 13.1. The van der Waals surface area contributed by atoms with E-state index < -0.39 is 11.6 Å². The molecule has 1 N–H and O–H groups in total. The molecule has 1 aromatic carbocycles. The van der Waals surface area contributed by atoms with E-state index >= 15 is 0 Å². The highest BCUT2D eigenvalue weighted by molar-refractivity contribution is 5.93. The largest absolute Gasteiger partial charge is 0.338 e. The summed E-state index contributed by atoms with van der Waals surface area (Å²) in [6.07, 6.45) is 5.49. The Kier molecular flexibility index (Phi) is 4.98. The van der Waals surface area contributed by atoms with Gasteiger partial charge < -0.3 is 10.2 Å². The lowest BCUT2D eigenvalue weighted by Crippen LogP contribution is -2.32. The number of anilines is 2. The maximum atomic E-state index is 13.7. The molecule has 0 atom stereocenters. The van der Waals surface area contributed by atoms with Crippen molar-refractivity contribution in [2.24, 2.45) is 0 Å². The summed E-state index contributed by atoms with van der Waals surface area (Å²) in [5.41, 5.74) is 0.347. The van der Waals surface area contributed by atoms with Crippen LogP contribution in [0.2, 0.25) is 0 Å². The number of hydrogen-bond acceptors (Lipinski definition) is 4. The Bertz CT molecular complexity index is 730. The second-order valence-electron chi connectivity index (χ2n) is 5.74. The molecule has 7 heteroatoms. The number of rotatable bonds is 3. The van der Waals surface area contributed by atoms with Gasteiger partial charge in [-0.05, 0) is 25.0 Å². The molecular formula is C17H18F2N4O. The van der Waals surface area contributed by atoms with Crippen LogP contribution in [0.25, 0.3) is 0 Å². The van der Waals surface area contributed by atoms with Crippen molar-refractivity contribution in [3.63, 3.8) is 0 Å². The maximum Gasteiger partial charge on any atom is 0.272 e. The van der Waals surface area contributed by atoms with E-state index in [0.29, 0.717) is 0 Å². The van der Waals surface area contributed by atoms with Crippen molar-refractivity contribution in [1.29, 1.82) is 0 Å². The average Bonchev–Trinajstić information content (AvgIpc) is 2.86. The van der Waals surface area contributed by atoms with Gasteiger partial charge in [-0.2, -0.15) is 0 Å². The summed E-state index contributed by atoms with van der Waals surface area (Å²) in [4.78, 5) is 22.4. The third-order valence-corrected chi connectivity index (χ3v) is 3.97. The first-order valence-electron chi connectivity index (χ1n) is 7.97. The fourth-order valence-corrected chi connectivity index (χ4v) is 2.71. The molecule has 1 saturated heterocycles. The van der Waals surface area contributed by atoms with Gasteiger partial charge in [0.05, 0.1) is 5.69 Å². The van der Waals surface area contributed by atoms with Gasteiger partial charge in [-0.3, -0.25) is 4.79 Å². The summed E-state index contributed by atoms with van der Waals surface area (Å²) in [7, 11) is 0. The molecule has 5 nitrogen and oxygen atoms in total. The second-order valence-corrected chi connectivity index (χ2v) is 5.74. The maximum absolute atomic E-state index is 13.7. The highest BCUT2D eigenvalue weighted by Crippen LogP contribution is 2.20. The number of carbonyl (C=O) groups excluding carboxylic acids is 1. The summed E-state index contributed by atoms with van der Waals surface area (Å²) >= 11 is 0. The first-order valence-corrected chi connectivity index (χ1v) is 7.97. The molecule has 1 aromatic heterocycles. The standard InChI is InChI=1S/C17H18F2N4O/c18-12-5-6-14(13(19)9-12)22-16-10-15(20-11-21-16)17(24)23-7-3-1-2-4-8-23/h5-6,9-11H,1-4,7-8H2,(H,20,21,22). The van der Waals surface area contributed by atoms with Crippen LogP contribution in [0, 0.1) is 11.6 Å². The van der Waals surface area contributed by atoms with E-state index in [1.54, 1.807) is 4.90 Å². The van der Waals surface area contributed by atoms with Gasteiger partial charge in [-0.15, -0.1) is 0 Å². The molecule has 3 rings (SSSR count). The van der Waals surface area contributed by atoms with Crippen LogP contribution >= 0.6 is 0 Å². The molecule has 1 amide bonds. The Hall–Kier alpha value is -2.57. The van der Waals surface area contributed by atoms with Crippen LogP contribution in [0.4, 0.5) is 20.3 Å². The van der Waals surface area contributed by atoms with Crippen molar-refractivity contribution in [1.82, 2.24) is 14.9 Å². The van der Waals surface area contributed by atoms with Crippen LogP contribution < -0.4 is 5.32 Å². The first kappa shape index (κ1) is 16.3. The highest BCUT2D eigenvalue weighted by Gasteiger charge is 2.19. The molecule has 1 aliphatic heterocycles. The van der Waals surface area contributed by atoms with Crippen LogP contribution in [0.5, 0.6) is 0 Å². The average molecular weight is 332 g/mol. The van der Waals surface area contributed by atoms with Gasteiger partial charge in [0.1, 0.15) is 29.5 Å². The van der Waals surface area contributed by atoms with Gasteiger partial charge in [-0.1, -0.05) is 12.8 Å². The molecular weight excluding hydrogens is 314 g/mol. The Balaban J connectivity index is 1.77. The van der Waals surface area contributed by atoms with Gasteiger partial charge in [0.15, 0.2) is 0 Å². The lowest BCUT2D eigenvalue weighted by Gasteiger charge is -2.19. The van der Waals surface area contributed by atoms with Crippen LogP contribution in [0.3, 0.4) is 0 Å². The number of nitrogens with zero attached hydrogens (tertiary/aromatic N) is 3. The summed E-state index contributed by atoms with van der Waals surface area (Å²) in [6.45, 7) is 1.44. The number of hydrogen-bond donors (Lipinski definition) is 1. The van der Waals surface area contributed by atoms with E-state index in [9.17, 15) is 13.6 Å². The van der Waals surface area contributed by atoms with E-state index in [4.69, 9.17) is 0 Å². The molecule has 0 saturated carbocycles. The summed E-state index contributed by atoms with van der Waals surface area (Å²) in [5.74, 6) is -1.25. The molecule has 1 aliphatic rings. The van der Waals surface area contributed by atoms with Crippen LogP contribution in [0.15, 0.2) is 30.6 Å². The molecule has 1 fully saturated rings. The quantitative estimate of drug-likeness (QED) is 0.934. The van der Waals surface area contributed by atoms with Crippen molar-refractivity contribution in [2.75, 3.05) is 18.4 Å².